The van der Waals surface area contributed by atoms with Gasteiger partial charge >= 0.3 is 0 Å². The fraction of sp³-hybridized carbons (Fsp3) is 0.588. The van der Waals surface area contributed by atoms with E-state index in [4.69, 9.17) is 16.3 Å². The lowest BCUT2D eigenvalue weighted by Gasteiger charge is -2.35. The Morgan fingerprint density at radius 2 is 2.09 bits per heavy atom. The van der Waals surface area contributed by atoms with Crippen LogP contribution in [0.2, 0.25) is 5.02 Å². The van der Waals surface area contributed by atoms with Crippen molar-refractivity contribution in [2.45, 2.75) is 38.3 Å². The van der Waals surface area contributed by atoms with E-state index in [9.17, 15) is 4.79 Å². The smallest absolute Gasteiger partial charge is 0.207 e. The second-order valence-electron chi connectivity index (χ2n) is 6.34. The highest BCUT2D eigenvalue weighted by Gasteiger charge is 2.30. The summed E-state index contributed by atoms with van der Waals surface area (Å²) >= 11 is 6.39. The van der Waals surface area contributed by atoms with Gasteiger partial charge in [-0.3, -0.25) is 9.69 Å². The topological polar surface area (TPSA) is 41.6 Å². The summed E-state index contributed by atoms with van der Waals surface area (Å²) in [4.78, 5) is 12.7. The molecule has 1 saturated heterocycles. The Bertz CT molecular complexity index is 511. The van der Waals surface area contributed by atoms with Crippen LogP contribution >= 0.6 is 11.6 Å². The van der Waals surface area contributed by atoms with Crippen molar-refractivity contribution in [3.05, 3.63) is 28.8 Å². The Balaban J connectivity index is 1.48. The molecule has 0 radical (unpaired) electrons. The normalized spacial score (nSPS) is 24.8. The van der Waals surface area contributed by atoms with Crippen LogP contribution in [0.3, 0.4) is 0 Å². The fourth-order valence-electron chi connectivity index (χ4n) is 3.26. The van der Waals surface area contributed by atoms with Crippen molar-refractivity contribution in [3.8, 4) is 5.75 Å². The summed E-state index contributed by atoms with van der Waals surface area (Å²) in [6, 6.07) is 6.04. The molecule has 2 fully saturated rings. The van der Waals surface area contributed by atoms with E-state index in [0.717, 1.165) is 43.1 Å². The second-order valence-corrected chi connectivity index (χ2v) is 6.75. The number of benzene rings is 1. The zero-order valence-corrected chi connectivity index (χ0v) is 13.5. The number of nitrogens with zero attached hydrogens (tertiary/aromatic N) is 1. The third kappa shape index (κ3) is 3.93. The number of hydrogen-bond acceptors (Lipinski definition) is 3. The van der Waals surface area contributed by atoms with E-state index in [1.54, 1.807) is 0 Å². The number of likely N-dealkylation sites (tertiary alicyclic amines) is 1. The first-order valence-electron chi connectivity index (χ1n) is 8.09. The number of amides is 1. The number of nitrogens with one attached hydrogen (secondary N) is 1. The highest BCUT2D eigenvalue weighted by molar-refractivity contribution is 6.31. The maximum atomic E-state index is 10.3. The summed E-state index contributed by atoms with van der Waals surface area (Å²) in [5.74, 6) is 1.39. The van der Waals surface area contributed by atoms with Crippen LogP contribution in [0.1, 0.15) is 31.2 Å². The maximum absolute atomic E-state index is 10.3. The molecule has 0 unspecified atom stereocenters. The molecule has 1 aromatic rings. The van der Waals surface area contributed by atoms with E-state index in [0.29, 0.717) is 5.92 Å². The van der Waals surface area contributed by atoms with Gasteiger partial charge in [0.2, 0.25) is 6.41 Å². The van der Waals surface area contributed by atoms with Gasteiger partial charge in [-0.25, -0.2) is 0 Å². The zero-order valence-electron chi connectivity index (χ0n) is 12.8. The predicted octanol–water partition coefficient (Wildman–Crippen LogP) is 2.84. The predicted molar refractivity (Wildman–Crippen MR) is 87.2 cm³/mol. The zero-order chi connectivity index (χ0) is 15.4. The van der Waals surface area contributed by atoms with E-state index in [1.165, 1.54) is 31.5 Å². The number of ether oxygens (including phenoxy) is 1. The molecule has 1 N–H and O–H groups in total. The average Bonchev–Trinajstić information content (AvgIpc) is 2.97. The lowest BCUT2D eigenvalue weighted by atomic mass is 9.82. The minimum absolute atomic E-state index is 0.249. The molecule has 1 aromatic carbocycles. The molecule has 0 spiro atoms. The van der Waals surface area contributed by atoms with Crippen LogP contribution in [0.25, 0.3) is 0 Å². The lowest BCUT2D eigenvalue weighted by molar-refractivity contribution is -0.110. The largest absolute Gasteiger partial charge is 0.490 e. The van der Waals surface area contributed by atoms with Crippen LogP contribution in [-0.2, 0) is 11.3 Å². The monoisotopic (exact) mass is 322 g/mol. The summed E-state index contributed by atoms with van der Waals surface area (Å²) in [5.41, 5.74) is 1.18. The number of halogens is 1. The summed E-state index contributed by atoms with van der Waals surface area (Å²) in [6.45, 7) is 4.03. The van der Waals surface area contributed by atoms with Gasteiger partial charge in [0.05, 0.1) is 6.10 Å². The van der Waals surface area contributed by atoms with Crippen molar-refractivity contribution in [3.63, 3.8) is 0 Å². The first-order valence-corrected chi connectivity index (χ1v) is 8.47. The number of hydrogen-bond donors (Lipinski definition) is 1. The molecule has 5 heteroatoms. The Labute approximate surface area is 136 Å². The van der Waals surface area contributed by atoms with Gasteiger partial charge in [-0.15, -0.1) is 0 Å². The van der Waals surface area contributed by atoms with Crippen molar-refractivity contribution in [1.82, 2.24) is 10.2 Å². The van der Waals surface area contributed by atoms with Crippen LogP contribution in [-0.4, -0.2) is 37.0 Å². The van der Waals surface area contributed by atoms with Crippen LogP contribution in [0.5, 0.6) is 5.75 Å². The Morgan fingerprint density at radius 1 is 1.32 bits per heavy atom. The standard InChI is InChI=1S/C17H23ClN2O2/c18-17-9-15(22-16-7-13(8-16)10-19-12-21)4-3-14(17)11-20-5-1-2-6-20/h3-4,9,12-13,16H,1-2,5-8,10-11H2,(H,19,21). The average molecular weight is 323 g/mol. The number of carbonyl (C=O) groups excluding carboxylic acids is 1. The van der Waals surface area contributed by atoms with Gasteiger partial charge in [-0.05, 0) is 62.4 Å². The Morgan fingerprint density at radius 3 is 2.77 bits per heavy atom. The maximum Gasteiger partial charge on any atom is 0.207 e. The molecule has 0 aromatic heterocycles. The van der Waals surface area contributed by atoms with Gasteiger partial charge in [0.25, 0.3) is 0 Å². The van der Waals surface area contributed by atoms with Gasteiger partial charge in [0, 0.05) is 18.1 Å². The van der Waals surface area contributed by atoms with Crippen LogP contribution in [0.15, 0.2) is 18.2 Å². The fourth-order valence-corrected chi connectivity index (χ4v) is 3.49. The molecule has 0 bridgehead atoms. The van der Waals surface area contributed by atoms with Crippen molar-refractivity contribution in [2.24, 2.45) is 5.92 Å². The molecule has 1 heterocycles. The van der Waals surface area contributed by atoms with E-state index in [1.807, 2.05) is 12.1 Å². The molecule has 120 valence electrons. The van der Waals surface area contributed by atoms with Crippen LogP contribution in [0, 0.1) is 5.92 Å². The minimum Gasteiger partial charge on any atom is -0.490 e. The first kappa shape index (κ1) is 15.6. The molecule has 1 aliphatic carbocycles. The van der Waals surface area contributed by atoms with Gasteiger partial charge < -0.3 is 10.1 Å². The molecule has 1 amide bonds. The van der Waals surface area contributed by atoms with E-state index < -0.39 is 0 Å². The Hall–Kier alpha value is -1.26. The molecular formula is C17H23ClN2O2. The molecule has 3 rings (SSSR count). The molecule has 2 aliphatic rings. The second kappa shape index (κ2) is 7.34. The Kier molecular flexibility index (Phi) is 5.21. The van der Waals surface area contributed by atoms with Gasteiger partial charge in [0.15, 0.2) is 0 Å². The highest BCUT2D eigenvalue weighted by atomic mass is 35.5. The van der Waals surface area contributed by atoms with Crippen molar-refractivity contribution in [2.75, 3.05) is 19.6 Å². The quantitative estimate of drug-likeness (QED) is 0.785. The van der Waals surface area contributed by atoms with Gasteiger partial charge in [-0.2, -0.15) is 0 Å². The van der Waals surface area contributed by atoms with Crippen LogP contribution in [0.4, 0.5) is 0 Å². The van der Waals surface area contributed by atoms with Crippen LogP contribution < -0.4 is 10.1 Å². The molecular weight excluding hydrogens is 300 g/mol. The number of carbonyl (C=O) groups is 1. The van der Waals surface area contributed by atoms with E-state index in [-0.39, 0.29) is 6.10 Å². The lowest BCUT2D eigenvalue weighted by Crippen LogP contribution is -2.39. The SMILES string of the molecule is O=CNCC1CC(Oc2ccc(CN3CCCC3)c(Cl)c2)C1. The summed E-state index contributed by atoms with van der Waals surface area (Å²) in [6.07, 6.45) is 5.58. The molecule has 0 atom stereocenters. The van der Waals surface area contributed by atoms with E-state index in [2.05, 4.69) is 16.3 Å². The van der Waals surface area contributed by atoms with Gasteiger partial charge in [-0.1, -0.05) is 17.7 Å². The highest BCUT2D eigenvalue weighted by Crippen LogP contribution is 2.32. The van der Waals surface area contributed by atoms with Crippen molar-refractivity contribution < 1.29 is 9.53 Å². The molecule has 22 heavy (non-hydrogen) atoms. The first-order chi connectivity index (χ1) is 10.7. The molecule has 1 saturated carbocycles. The summed E-state index contributed by atoms with van der Waals surface area (Å²) in [5, 5.41) is 3.52. The molecule has 1 aliphatic heterocycles. The summed E-state index contributed by atoms with van der Waals surface area (Å²) < 4.78 is 5.95. The number of rotatable bonds is 7. The summed E-state index contributed by atoms with van der Waals surface area (Å²) in [7, 11) is 0. The molecule has 4 nitrogen and oxygen atoms in total. The third-order valence-electron chi connectivity index (χ3n) is 4.60. The minimum atomic E-state index is 0.249. The van der Waals surface area contributed by atoms with Crippen molar-refractivity contribution >= 4 is 18.0 Å². The van der Waals surface area contributed by atoms with E-state index >= 15 is 0 Å². The third-order valence-corrected chi connectivity index (χ3v) is 4.95. The van der Waals surface area contributed by atoms with Crippen molar-refractivity contribution in [1.29, 1.82) is 0 Å². The van der Waals surface area contributed by atoms with Gasteiger partial charge in [0.1, 0.15) is 5.75 Å².